The second-order valence-corrected chi connectivity index (χ2v) is 13.7. The molecule has 7 rings (SSSR count). The van der Waals surface area contributed by atoms with Crippen LogP contribution in [0.15, 0.2) is 48.5 Å². The third-order valence-electron chi connectivity index (χ3n) is 10.5. The lowest BCUT2D eigenvalue weighted by Crippen LogP contribution is -2.41. The molecule has 5 nitrogen and oxygen atoms in total. The first-order valence-corrected chi connectivity index (χ1v) is 16.5. The zero-order chi connectivity index (χ0) is 29.5. The van der Waals surface area contributed by atoms with Crippen molar-refractivity contribution in [3.05, 3.63) is 70.9 Å². The molecule has 0 saturated heterocycles. The van der Waals surface area contributed by atoms with E-state index in [1.807, 2.05) is 35.2 Å². The molecule has 4 aliphatic rings. The Kier molecular flexibility index (Phi) is 8.21. The van der Waals surface area contributed by atoms with Crippen molar-refractivity contribution in [1.82, 2.24) is 15.2 Å². The van der Waals surface area contributed by atoms with E-state index in [9.17, 15) is 9.59 Å². The first kappa shape index (κ1) is 29.4. The molecule has 5 unspecified atom stereocenters. The van der Waals surface area contributed by atoms with Gasteiger partial charge in [-0.3, -0.25) is 9.59 Å². The van der Waals surface area contributed by atoms with Crippen LogP contribution in [0.1, 0.15) is 92.0 Å². The number of alkyl halides is 1. The van der Waals surface area contributed by atoms with E-state index >= 15 is 0 Å². The number of rotatable bonds is 7. The van der Waals surface area contributed by atoms with E-state index in [4.69, 9.17) is 11.6 Å². The highest BCUT2D eigenvalue weighted by molar-refractivity contribution is 6.33. The number of hydrogen-bond acceptors (Lipinski definition) is 2. The molecule has 3 fully saturated rings. The number of carbonyl (C=O) groups excluding carboxylic acids is 2. The molecule has 2 amide bonds. The van der Waals surface area contributed by atoms with Crippen LogP contribution in [-0.4, -0.2) is 46.9 Å². The Hall–Kier alpha value is -2.73. The van der Waals surface area contributed by atoms with Crippen molar-refractivity contribution in [3.63, 3.8) is 0 Å². The zero-order valence-corrected chi connectivity index (χ0v) is 26.1. The Morgan fingerprint density at radius 2 is 1.90 bits per heavy atom. The Morgan fingerprint density at radius 1 is 1.12 bits per heavy atom. The van der Waals surface area contributed by atoms with Crippen LogP contribution in [-0.2, 0) is 11.2 Å². The minimum Gasteiger partial charge on any atom is -0.356 e. The standard InChI is InChI=1S/C30H32ClN3O2.C5H12B/c1-18-12-19-14-29(13-18)17-30(29,15-19)33-28(36)21-8-6-20(7-9-21)27-26-23(10-11-34(27)25(35)16-31)22-4-2-3-5-24(22)32-26;1-3-4-5-6-2/h2-9,18-19,27,32H,10-17H2,1H3,(H,33,36);3-5H2,1-2H3. The molecule has 5 atom stereocenters. The average Bonchev–Trinajstić information content (AvgIpc) is 3.27. The number of halogens is 1. The topological polar surface area (TPSA) is 65.2 Å². The molecular weight excluding hydrogens is 541 g/mol. The smallest absolute Gasteiger partial charge is 0.251 e. The number of hydrogen-bond donors (Lipinski definition) is 2. The van der Waals surface area contributed by atoms with Crippen LogP contribution >= 0.6 is 11.6 Å². The van der Waals surface area contributed by atoms with Crippen LogP contribution in [0, 0.1) is 17.3 Å². The van der Waals surface area contributed by atoms with Gasteiger partial charge in [0, 0.05) is 34.2 Å². The quantitative estimate of drug-likeness (QED) is 0.171. The van der Waals surface area contributed by atoms with Gasteiger partial charge in [-0.2, -0.15) is 0 Å². The van der Waals surface area contributed by atoms with Gasteiger partial charge >= 0.3 is 0 Å². The van der Waals surface area contributed by atoms with Crippen molar-refractivity contribution < 1.29 is 9.59 Å². The van der Waals surface area contributed by atoms with Crippen LogP contribution < -0.4 is 5.32 Å². The van der Waals surface area contributed by atoms with Crippen molar-refractivity contribution in [1.29, 1.82) is 0 Å². The molecule has 1 aromatic heterocycles. The molecule has 2 aromatic carbocycles. The van der Waals surface area contributed by atoms with Gasteiger partial charge in [-0.1, -0.05) is 70.2 Å². The number of benzene rings is 2. The van der Waals surface area contributed by atoms with E-state index in [2.05, 4.69) is 56.4 Å². The lowest BCUT2D eigenvalue weighted by Gasteiger charge is -2.36. The molecule has 1 radical (unpaired) electrons. The maximum atomic E-state index is 13.3. The average molecular weight is 585 g/mol. The van der Waals surface area contributed by atoms with Gasteiger partial charge in [-0.15, -0.1) is 11.6 Å². The fourth-order valence-corrected chi connectivity index (χ4v) is 8.87. The maximum Gasteiger partial charge on any atom is 0.251 e. The molecule has 3 saturated carbocycles. The number of amides is 2. The highest BCUT2D eigenvalue weighted by Gasteiger charge is 2.73. The molecule has 1 aliphatic heterocycles. The summed E-state index contributed by atoms with van der Waals surface area (Å²) in [6.45, 7) is 7.31. The minimum absolute atomic E-state index is 0.0182. The molecular formula is C35H44BClN3O2. The van der Waals surface area contributed by atoms with Gasteiger partial charge in [0.15, 0.2) is 0 Å². The highest BCUT2D eigenvalue weighted by atomic mass is 35.5. The first-order chi connectivity index (χ1) is 20.3. The summed E-state index contributed by atoms with van der Waals surface area (Å²) in [4.78, 5) is 31.6. The molecule has 2 N–H and O–H groups in total. The monoisotopic (exact) mass is 584 g/mol. The van der Waals surface area contributed by atoms with Gasteiger partial charge in [-0.05, 0) is 85.1 Å². The van der Waals surface area contributed by atoms with Crippen LogP contribution in [0.4, 0.5) is 0 Å². The molecule has 3 aliphatic carbocycles. The number of aromatic amines is 1. The van der Waals surface area contributed by atoms with Crippen LogP contribution in [0.3, 0.4) is 0 Å². The first-order valence-electron chi connectivity index (χ1n) is 16.0. The summed E-state index contributed by atoms with van der Waals surface area (Å²) in [5.41, 5.74) is 5.43. The fourth-order valence-electron chi connectivity index (χ4n) is 8.72. The predicted octanol–water partition coefficient (Wildman–Crippen LogP) is 7.54. The predicted molar refractivity (Wildman–Crippen MR) is 172 cm³/mol. The third-order valence-corrected chi connectivity index (χ3v) is 10.7. The molecule has 3 aromatic rings. The number of H-pyrrole nitrogens is 1. The number of nitrogens with one attached hydrogen (secondary N) is 2. The van der Waals surface area contributed by atoms with Crippen LogP contribution in [0.25, 0.3) is 10.9 Å². The van der Waals surface area contributed by atoms with Crippen LogP contribution in [0.2, 0.25) is 13.1 Å². The number of aromatic nitrogens is 1. The van der Waals surface area contributed by atoms with Gasteiger partial charge in [0.05, 0.1) is 6.04 Å². The van der Waals surface area contributed by atoms with Gasteiger partial charge in [0.25, 0.3) is 5.91 Å². The van der Waals surface area contributed by atoms with E-state index in [-0.39, 0.29) is 29.3 Å². The van der Waals surface area contributed by atoms with Crippen molar-refractivity contribution in [2.75, 3.05) is 12.4 Å². The Balaban J connectivity index is 0.000000479. The summed E-state index contributed by atoms with van der Waals surface area (Å²) in [6.07, 6.45) is 10.9. The number of carbonyl (C=O) groups is 2. The summed E-state index contributed by atoms with van der Waals surface area (Å²) in [7, 11) is 2.21. The SMILES string of the molecule is CC1CC2CC3(C1)CC3(NC(=O)c1ccc(C3c4[nH]c5ccccc5c4CCN3C(=O)CCl)cc1)C2.C[B]CCCC. The molecule has 2 heterocycles. The van der Waals surface area contributed by atoms with E-state index < -0.39 is 0 Å². The normalized spacial score (nSPS) is 28.8. The minimum atomic E-state index is -0.245. The summed E-state index contributed by atoms with van der Waals surface area (Å²) >= 11 is 6.00. The zero-order valence-electron chi connectivity index (χ0n) is 25.3. The highest BCUT2D eigenvalue weighted by Crippen LogP contribution is 2.74. The molecule has 1 spiro atoms. The van der Waals surface area contributed by atoms with Crippen molar-refractivity contribution in [2.45, 2.75) is 89.9 Å². The van der Waals surface area contributed by atoms with Crippen LogP contribution in [0.5, 0.6) is 0 Å². The lowest BCUT2D eigenvalue weighted by molar-refractivity contribution is -0.130. The number of para-hydroxylation sites is 1. The second kappa shape index (κ2) is 11.8. The van der Waals surface area contributed by atoms with E-state index in [0.29, 0.717) is 17.5 Å². The number of nitrogens with zero attached hydrogens (tertiary/aromatic N) is 1. The Bertz CT molecular complexity index is 1450. The van der Waals surface area contributed by atoms with E-state index in [1.165, 1.54) is 49.4 Å². The second-order valence-electron chi connectivity index (χ2n) is 13.4. The summed E-state index contributed by atoms with van der Waals surface area (Å²) in [5.74, 6) is 1.45. The summed E-state index contributed by atoms with van der Waals surface area (Å²) < 4.78 is 0. The molecule has 2 bridgehead atoms. The molecule has 42 heavy (non-hydrogen) atoms. The van der Waals surface area contributed by atoms with Gasteiger partial charge in [0.1, 0.15) is 13.2 Å². The summed E-state index contributed by atoms with van der Waals surface area (Å²) in [5, 5.41) is 4.68. The van der Waals surface area contributed by atoms with Crippen molar-refractivity contribution in [2.24, 2.45) is 17.3 Å². The van der Waals surface area contributed by atoms with Crippen molar-refractivity contribution in [3.8, 4) is 0 Å². The summed E-state index contributed by atoms with van der Waals surface area (Å²) in [6, 6.07) is 15.9. The van der Waals surface area contributed by atoms with Gasteiger partial charge < -0.3 is 15.2 Å². The number of unbranched alkanes of at least 4 members (excludes halogenated alkanes) is 1. The fraction of sp³-hybridized carbons (Fsp3) is 0.543. The van der Waals surface area contributed by atoms with Gasteiger partial charge in [-0.25, -0.2) is 0 Å². The molecule has 7 heteroatoms. The van der Waals surface area contributed by atoms with E-state index in [0.717, 1.165) is 47.9 Å². The van der Waals surface area contributed by atoms with Crippen molar-refractivity contribution >= 4 is 41.6 Å². The third kappa shape index (κ3) is 5.18. The number of fused-ring (bicyclic) bond motifs is 4. The maximum absolute atomic E-state index is 13.3. The Labute approximate surface area is 256 Å². The Morgan fingerprint density at radius 3 is 2.62 bits per heavy atom. The lowest BCUT2D eigenvalue weighted by atomic mass is 9.76. The largest absolute Gasteiger partial charge is 0.356 e. The molecule has 221 valence electrons. The van der Waals surface area contributed by atoms with E-state index in [1.54, 1.807) is 0 Å². The van der Waals surface area contributed by atoms with Gasteiger partial charge in [0.2, 0.25) is 5.91 Å².